The average Bonchev–Trinajstić information content (AvgIpc) is 3.01. The third-order valence-electron chi connectivity index (χ3n) is 5.11. The molecule has 0 radical (unpaired) electrons. The van der Waals surface area contributed by atoms with E-state index in [0.717, 1.165) is 0 Å². The molecule has 0 aromatic heterocycles. The second-order valence-corrected chi connectivity index (χ2v) is 12.1. The van der Waals surface area contributed by atoms with Crippen LogP contribution >= 0.6 is 15.8 Å². The number of hydrogen-bond acceptors (Lipinski definition) is 0. The molecule has 184 valence electrons. The summed E-state index contributed by atoms with van der Waals surface area (Å²) in [6.45, 7) is 18.0. The predicted octanol–water partition coefficient (Wildman–Crippen LogP) is 4.56. The van der Waals surface area contributed by atoms with Gasteiger partial charge in [-0.05, 0) is 48.5 Å². The minimum absolute atomic E-state index is 0. The van der Waals surface area contributed by atoms with Crippen LogP contribution in [0.5, 0.6) is 0 Å². The molecule has 0 saturated heterocycles. The molecular formula is C30H26MoO4P2+2. The number of hydrogen-bond donors (Lipinski definition) is 0. The van der Waals surface area contributed by atoms with Crippen molar-refractivity contribution in [2.24, 2.45) is 0 Å². The summed E-state index contributed by atoms with van der Waals surface area (Å²) in [5.41, 5.74) is 0. The first kappa shape index (κ1) is 36.5. The van der Waals surface area contributed by atoms with Crippen molar-refractivity contribution >= 4 is 37.1 Å². The van der Waals surface area contributed by atoms with E-state index in [1.165, 1.54) is 33.5 Å². The smallest absolute Gasteiger partial charge is 0.0620 e. The van der Waals surface area contributed by atoms with Crippen LogP contribution in [-0.4, -0.2) is 12.3 Å². The zero-order valence-corrected chi connectivity index (χ0v) is 24.0. The van der Waals surface area contributed by atoms with Crippen molar-refractivity contribution in [1.82, 2.24) is 0 Å². The van der Waals surface area contributed by atoms with E-state index in [2.05, 4.69) is 148 Å². The number of benzene rings is 4. The molecule has 0 aliphatic rings. The Hall–Kier alpha value is -2.61. The molecule has 7 heteroatoms. The van der Waals surface area contributed by atoms with Gasteiger partial charge in [-0.15, -0.1) is 0 Å². The first-order chi connectivity index (χ1) is 17.9. The number of rotatable bonds is 7. The third kappa shape index (κ3) is 13.0. The Labute approximate surface area is 236 Å². The standard InChI is InChI=1S/C26H24P2.4CO.Mo/c1-5-13-23(14-6-1)27(24-15-7-2-8-16-24)21-22-28(25-17-9-3-10-18-25)26-19-11-4-12-20-26;4*1-2;/h1-20H,21-22H2;;;;;/p+2. The normalized spacial score (nSPS) is 8.59. The van der Waals surface area contributed by atoms with Crippen LogP contribution in [-0.2, 0) is 39.7 Å². The topological polar surface area (TPSA) is 79.6 Å². The van der Waals surface area contributed by atoms with E-state index >= 15 is 0 Å². The molecule has 0 N–H and O–H groups in total. The molecular weight excluding hydrogens is 582 g/mol. The summed E-state index contributed by atoms with van der Waals surface area (Å²) in [6.07, 6.45) is 2.52. The molecule has 0 saturated carbocycles. The summed E-state index contributed by atoms with van der Waals surface area (Å²) >= 11 is 0. The molecule has 0 heterocycles. The molecule has 0 aliphatic carbocycles. The minimum Gasteiger partial charge on any atom is -0.0620 e. The Morgan fingerprint density at radius 1 is 0.351 bits per heavy atom. The fraction of sp³-hybridized carbons (Fsp3) is 0.0667. The minimum atomic E-state index is -0.783. The van der Waals surface area contributed by atoms with Gasteiger partial charge in [-0.25, -0.2) is 0 Å². The Balaban J connectivity index is 0. The van der Waals surface area contributed by atoms with Crippen LogP contribution in [0.3, 0.4) is 0 Å². The Morgan fingerprint density at radius 3 is 0.676 bits per heavy atom. The molecule has 0 spiro atoms. The monoisotopic (exact) mass is 610 g/mol. The maximum absolute atomic E-state index is 7.50. The predicted molar refractivity (Wildman–Crippen MR) is 146 cm³/mol. The fourth-order valence-corrected chi connectivity index (χ4v) is 9.92. The van der Waals surface area contributed by atoms with E-state index in [1.54, 1.807) is 0 Å². The zero-order valence-electron chi connectivity index (χ0n) is 20.0. The van der Waals surface area contributed by atoms with Gasteiger partial charge in [0.1, 0.15) is 12.3 Å². The first-order valence-electron chi connectivity index (χ1n) is 10.7. The van der Waals surface area contributed by atoms with Crippen LogP contribution in [0.25, 0.3) is 0 Å². The van der Waals surface area contributed by atoms with E-state index in [4.69, 9.17) is 18.6 Å². The molecule has 4 aromatic carbocycles. The molecule has 4 aromatic rings. The van der Waals surface area contributed by atoms with Gasteiger partial charge in [0.25, 0.3) is 0 Å². The molecule has 4 nitrogen and oxygen atoms in total. The van der Waals surface area contributed by atoms with Crippen molar-refractivity contribution < 1.29 is 39.7 Å². The molecule has 0 bridgehead atoms. The Bertz CT molecular complexity index is 964. The van der Waals surface area contributed by atoms with Gasteiger partial charge in [-0.2, -0.15) is 0 Å². The van der Waals surface area contributed by atoms with E-state index < -0.39 is 15.8 Å². The van der Waals surface area contributed by atoms with Crippen LogP contribution in [0.15, 0.2) is 121 Å². The van der Waals surface area contributed by atoms with Crippen molar-refractivity contribution in [2.75, 3.05) is 12.3 Å². The summed E-state index contributed by atoms with van der Waals surface area (Å²) in [4.78, 5) is 0. The SMILES string of the molecule is [C-]#[O+].[C-]#[O+].[C-]#[O+].[C-]#[O+].[Mo].c1ccc([PH+](CC[PH+](c2ccccc2)c2ccccc2)c2ccccc2)cc1. The molecule has 0 amide bonds. The van der Waals surface area contributed by atoms with Gasteiger partial charge in [0.15, 0.2) is 0 Å². The second kappa shape index (κ2) is 25.1. The zero-order chi connectivity index (χ0) is 27.0. The van der Waals surface area contributed by atoms with Gasteiger partial charge in [0.2, 0.25) is 0 Å². The summed E-state index contributed by atoms with van der Waals surface area (Å²) < 4.78 is 30.0. The average molecular weight is 608 g/mol. The molecule has 4 rings (SSSR count). The molecule has 0 fully saturated rings. The van der Waals surface area contributed by atoms with Crippen LogP contribution in [0.4, 0.5) is 0 Å². The van der Waals surface area contributed by atoms with Crippen LogP contribution < -0.4 is 21.2 Å². The van der Waals surface area contributed by atoms with Crippen molar-refractivity contribution in [2.45, 2.75) is 0 Å². The summed E-state index contributed by atoms with van der Waals surface area (Å²) in [6, 6.07) is 44.5. The van der Waals surface area contributed by atoms with Crippen LogP contribution in [0.2, 0.25) is 0 Å². The van der Waals surface area contributed by atoms with Gasteiger partial charge in [0, 0.05) is 21.1 Å². The van der Waals surface area contributed by atoms with Crippen molar-refractivity contribution in [3.8, 4) is 0 Å². The van der Waals surface area contributed by atoms with E-state index in [-0.39, 0.29) is 21.1 Å². The second-order valence-electron chi connectivity index (χ2n) is 6.92. The fourth-order valence-electron chi connectivity index (χ4n) is 3.72. The van der Waals surface area contributed by atoms with Crippen LogP contribution in [0, 0.1) is 26.6 Å². The molecule has 37 heavy (non-hydrogen) atoms. The van der Waals surface area contributed by atoms with Crippen molar-refractivity contribution in [1.29, 1.82) is 0 Å². The van der Waals surface area contributed by atoms with E-state index in [1.807, 2.05) is 0 Å². The summed E-state index contributed by atoms with van der Waals surface area (Å²) in [5, 5.41) is 6.06. The van der Waals surface area contributed by atoms with Gasteiger partial charge in [-0.3, -0.25) is 0 Å². The molecule has 0 aliphatic heterocycles. The first-order valence-corrected chi connectivity index (χ1v) is 14.1. The summed E-state index contributed by atoms with van der Waals surface area (Å²) in [5.74, 6) is 0. The summed E-state index contributed by atoms with van der Waals surface area (Å²) in [7, 11) is -1.57. The maximum atomic E-state index is 7.50. The van der Waals surface area contributed by atoms with Crippen molar-refractivity contribution in [3.63, 3.8) is 0 Å². The largest absolute Gasteiger partial charge is 0.101 e. The quantitative estimate of drug-likeness (QED) is 0.128. The van der Waals surface area contributed by atoms with E-state index in [0.29, 0.717) is 0 Å². The van der Waals surface area contributed by atoms with Crippen LogP contribution in [0.1, 0.15) is 0 Å². The maximum Gasteiger partial charge on any atom is 0.101 e. The van der Waals surface area contributed by atoms with E-state index in [9.17, 15) is 0 Å². The van der Waals surface area contributed by atoms with Gasteiger partial charge >= 0.3 is 45.2 Å². The molecule has 0 atom stereocenters. The van der Waals surface area contributed by atoms with Gasteiger partial charge < -0.3 is 0 Å². The third-order valence-corrected chi connectivity index (χ3v) is 11.2. The van der Waals surface area contributed by atoms with Gasteiger partial charge in [0.05, 0.1) is 37.1 Å². The van der Waals surface area contributed by atoms with Crippen molar-refractivity contribution in [3.05, 3.63) is 148 Å². The van der Waals surface area contributed by atoms with Gasteiger partial charge in [-0.1, -0.05) is 72.8 Å². The molecule has 0 unspecified atom stereocenters. The Kier molecular flexibility index (Phi) is 24.7. The Morgan fingerprint density at radius 2 is 0.514 bits per heavy atom.